The van der Waals surface area contributed by atoms with Gasteiger partial charge in [-0.15, -0.1) is 0 Å². The van der Waals surface area contributed by atoms with E-state index in [1.807, 2.05) is 26.0 Å². The van der Waals surface area contributed by atoms with Gasteiger partial charge in [0.15, 0.2) is 0 Å². The van der Waals surface area contributed by atoms with Crippen molar-refractivity contribution in [3.8, 4) is 5.75 Å². The van der Waals surface area contributed by atoms with Gasteiger partial charge in [-0.3, -0.25) is 0 Å². The van der Waals surface area contributed by atoms with Gasteiger partial charge in [-0.25, -0.2) is 0 Å². The molecule has 1 aromatic carbocycles. The van der Waals surface area contributed by atoms with E-state index in [0.29, 0.717) is 0 Å². The lowest BCUT2D eigenvalue weighted by atomic mass is 10.2. The van der Waals surface area contributed by atoms with Gasteiger partial charge in [0, 0.05) is 29.7 Å². The highest BCUT2D eigenvalue weighted by molar-refractivity contribution is 9.10. The second-order valence-corrected chi connectivity index (χ2v) is 5.81. The highest BCUT2D eigenvalue weighted by Crippen LogP contribution is 2.24. The largest absolute Gasteiger partial charge is 0.491 e. The Kier molecular flexibility index (Phi) is 6.68. The molecular weight excluding hydrogens is 292 g/mol. The quantitative estimate of drug-likeness (QED) is 0.783. The van der Waals surface area contributed by atoms with Crippen LogP contribution in [0.5, 0.6) is 5.75 Å². The third-order valence-corrected chi connectivity index (χ3v) is 2.93. The first-order chi connectivity index (χ1) is 8.49. The highest BCUT2D eigenvalue weighted by Gasteiger charge is 2.06. The minimum absolute atomic E-state index is 0.201. The Bertz CT molecular complexity index is 367. The minimum Gasteiger partial charge on any atom is -0.491 e. The predicted octanol–water partition coefficient (Wildman–Crippen LogP) is 2.89. The summed E-state index contributed by atoms with van der Waals surface area (Å²) in [5.41, 5.74) is 1.19. The molecule has 0 bridgehead atoms. The van der Waals surface area contributed by atoms with Crippen LogP contribution in [0.3, 0.4) is 0 Å². The van der Waals surface area contributed by atoms with Crippen LogP contribution in [0.2, 0.25) is 0 Å². The Balaban J connectivity index is 2.58. The first kappa shape index (κ1) is 15.5. The maximum Gasteiger partial charge on any atom is 0.124 e. The zero-order valence-electron chi connectivity index (χ0n) is 11.7. The highest BCUT2D eigenvalue weighted by atomic mass is 79.9. The van der Waals surface area contributed by atoms with E-state index < -0.39 is 0 Å². The molecule has 4 heteroatoms. The van der Waals surface area contributed by atoms with Gasteiger partial charge in [-0.2, -0.15) is 0 Å². The van der Waals surface area contributed by atoms with Crippen molar-refractivity contribution in [1.82, 2.24) is 10.2 Å². The van der Waals surface area contributed by atoms with Crippen molar-refractivity contribution in [1.29, 1.82) is 0 Å². The van der Waals surface area contributed by atoms with Gasteiger partial charge in [0.2, 0.25) is 0 Å². The fraction of sp³-hybridized carbons (Fsp3) is 0.571. The molecule has 0 aliphatic rings. The number of hydrogen-bond acceptors (Lipinski definition) is 3. The van der Waals surface area contributed by atoms with E-state index in [9.17, 15) is 0 Å². The van der Waals surface area contributed by atoms with Crippen LogP contribution in [0.4, 0.5) is 0 Å². The standard InChI is InChI=1S/C14H23BrN2O/c1-11(2)18-14-6-5-13(15)9-12(14)10-16-7-8-17(3)4/h5-6,9,11,16H,7-8,10H2,1-4H3. The molecule has 0 unspecified atom stereocenters. The Morgan fingerprint density at radius 3 is 2.67 bits per heavy atom. The molecule has 0 amide bonds. The van der Waals surface area contributed by atoms with Crippen molar-refractivity contribution in [2.75, 3.05) is 27.2 Å². The lowest BCUT2D eigenvalue weighted by molar-refractivity contribution is 0.239. The van der Waals surface area contributed by atoms with Gasteiger partial charge in [0.05, 0.1) is 6.10 Å². The molecule has 0 aliphatic carbocycles. The van der Waals surface area contributed by atoms with Crippen molar-refractivity contribution in [3.05, 3.63) is 28.2 Å². The van der Waals surface area contributed by atoms with E-state index in [2.05, 4.69) is 46.3 Å². The molecule has 1 N–H and O–H groups in total. The maximum absolute atomic E-state index is 5.81. The summed E-state index contributed by atoms with van der Waals surface area (Å²) in [4.78, 5) is 2.17. The SMILES string of the molecule is CC(C)Oc1ccc(Br)cc1CNCCN(C)C. The van der Waals surface area contributed by atoms with Crippen LogP contribution >= 0.6 is 15.9 Å². The molecule has 102 valence electrons. The molecule has 1 aromatic rings. The van der Waals surface area contributed by atoms with E-state index in [1.54, 1.807) is 0 Å². The summed E-state index contributed by atoms with van der Waals surface area (Å²) >= 11 is 3.50. The van der Waals surface area contributed by atoms with Crippen LogP contribution in [0.1, 0.15) is 19.4 Å². The summed E-state index contributed by atoms with van der Waals surface area (Å²) in [6.45, 7) is 6.93. The molecule has 0 radical (unpaired) electrons. The smallest absolute Gasteiger partial charge is 0.124 e. The zero-order valence-corrected chi connectivity index (χ0v) is 13.3. The fourth-order valence-corrected chi connectivity index (χ4v) is 1.99. The van der Waals surface area contributed by atoms with Crippen molar-refractivity contribution in [2.24, 2.45) is 0 Å². The molecule has 0 fully saturated rings. The van der Waals surface area contributed by atoms with Gasteiger partial charge in [0.25, 0.3) is 0 Å². The van der Waals surface area contributed by atoms with E-state index in [4.69, 9.17) is 4.74 Å². The second kappa shape index (κ2) is 7.77. The van der Waals surface area contributed by atoms with Crippen LogP contribution in [0.15, 0.2) is 22.7 Å². The van der Waals surface area contributed by atoms with Crippen LogP contribution in [-0.2, 0) is 6.54 Å². The van der Waals surface area contributed by atoms with Gasteiger partial charge in [-0.1, -0.05) is 15.9 Å². The molecule has 0 saturated heterocycles. The average Bonchev–Trinajstić information content (AvgIpc) is 2.27. The third kappa shape index (κ3) is 5.85. The van der Waals surface area contributed by atoms with Gasteiger partial charge in [-0.05, 0) is 46.1 Å². The number of benzene rings is 1. The Hall–Kier alpha value is -0.580. The van der Waals surface area contributed by atoms with Crippen LogP contribution in [0, 0.1) is 0 Å². The minimum atomic E-state index is 0.201. The fourth-order valence-electron chi connectivity index (χ4n) is 1.58. The van der Waals surface area contributed by atoms with Crippen LogP contribution in [0.25, 0.3) is 0 Å². The number of hydrogen-bond donors (Lipinski definition) is 1. The van der Waals surface area contributed by atoms with E-state index in [0.717, 1.165) is 29.9 Å². The molecule has 18 heavy (non-hydrogen) atoms. The van der Waals surface area contributed by atoms with Crippen molar-refractivity contribution < 1.29 is 4.74 Å². The molecule has 1 rings (SSSR count). The molecule has 0 aliphatic heterocycles. The average molecular weight is 315 g/mol. The van der Waals surface area contributed by atoms with Gasteiger partial charge >= 0.3 is 0 Å². The summed E-state index contributed by atoms with van der Waals surface area (Å²) in [6, 6.07) is 6.15. The molecule has 0 heterocycles. The molecule has 0 spiro atoms. The molecule has 0 atom stereocenters. The van der Waals surface area contributed by atoms with Crippen molar-refractivity contribution >= 4 is 15.9 Å². The van der Waals surface area contributed by atoms with E-state index in [1.165, 1.54) is 5.56 Å². The lowest BCUT2D eigenvalue weighted by Crippen LogP contribution is -2.26. The lowest BCUT2D eigenvalue weighted by Gasteiger charge is -2.16. The molecular formula is C14H23BrN2O. The van der Waals surface area contributed by atoms with E-state index in [-0.39, 0.29) is 6.10 Å². The summed E-state index contributed by atoms with van der Waals surface area (Å²) in [7, 11) is 4.15. The molecule has 0 saturated carbocycles. The van der Waals surface area contributed by atoms with Crippen LogP contribution in [-0.4, -0.2) is 38.2 Å². The Labute approximate surface area is 119 Å². The van der Waals surface area contributed by atoms with Gasteiger partial charge in [0.1, 0.15) is 5.75 Å². The number of nitrogens with zero attached hydrogens (tertiary/aromatic N) is 1. The van der Waals surface area contributed by atoms with Gasteiger partial charge < -0.3 is 15.0 Å². The summed E-state index contributed by atoms with van der Waals surface area (Å²) in [5.74, 6) is 0.963. The predicted molar refractivity (Wildman–Crippen MR) is 80.2 cm³/mol. The zero-order chi connectivity index (χ0) is 13.5. The molecule has 3 nitrogen and oxygen atoms in total. The number of ether oxygens (including phenoxy) is 1. The summed E-state index contributed by atoms with van der Waals surface area (Å²) < 4.78 is 6.89. The van der Waals surface area contributed by atoms with Crippen molar-refractivity contribution in [2.45, 2.75) is 26.5 Å². The normalized spacial score (nSPS) is 11.3. The van der Waals surface area contributed by atoms with Crippen LogP contribution < -0.4 is 10.1 Å². The molecule has 0 aromatic heterocycles. The topological polar surface area (TPSA) is 24.5 Å². The second-order valence-electron chi connectivity index (χ2n) is 4.90. The van der Waals surface area contributed by atoms with E-state index >= 15 is 0 Å². The van der Waals surface area contributed by atoms with Crippen molar-refractivity contribution in [3.63, 3.8) is 0 Å². The monoisotopic (exact) mass is 314 g/mol. The third-order valence-electron chi connectivity index (χ3n) is 2.44. The first-order valence-corrected chi connectivity index (χ1v) is 7.09. The Morgan fingerprint density at radius 1 is 1.33 bits per heavy atom. The number of rotatable bonds is 7. The maximum atomic E-state index is 5.81. The number of likely N-dealkylation sites (N-methyl/N-ethyl adjacent to an activating group) is 1. The Morgan fingerprint density at radius 2 is 2.06 bits per heavy atom. The number of nitrogens with one attached hydrogen (secondary N) is 1. The summed E-state index contributed by atoms with van der Waals surface area (Å²) in [6.07, 6.45) is 0.201. The summed E-state index contributed by atoms with van der Waals surface area (Å²) in [5, 5.41) is 3.43. The first-order valence-electron chi connectivity index (χ1n) is 6.29. The number of halogens is 1.